The van der Waals surface area contributed by atoms with E-state index in [0.29, 0.717) is 3.57 Å². The Morgan fingerprint density at radius 2 is 1.74 bits per heavy atom. The molecule has 0 bridgehead atoms. The van der Waals surface area contributed by atoms with Gasteiger partial charge in [0.2, 0.25) is 0 Å². The maximum Gasteiger partial charge on any atom is 0.370 e. The van der Waals surface area contributed by atoms with Gasteiger partial charge in [-0.3, -0.25) is 14.7 Å². The lowest BCUT2D eigenvalue weighted by Gasteiger charge is -2.12. The lowest BCUT2D eigenvalue weighted by atomic mass is 10.1. The van der Waals surface area contributed by atoms with Crippen molar-refractivity contribution < 1.29 is 45.7 Å². The molecule has 0 spiro atoms. The monoisotopic (exact) mass is 837 g/mol. The summed E-state index contributed by atoms with van der Waals surface area (Å²) in [4.78, 5) is 35.3. The fourth-order valence-corrected chi connectivity index (χ4v) is 5.20. The normalized spacial score (nSPS) is 11.7. The zero-order valence-electron chi connectivity index (χ0n) is 16.5. The smallest absolute Gasteiger partial charge is 0.370 e. The highest BCUT2D eigenvalue weighted by Gasteiger charge is 2.43. The molecular weight excluding hydrogens is 825 g/mol. The van der Waals surface area contributed by atoms with Crippen LogP contribution in [0.25, 0.3) is 0 Å². The number of hydrogen-bond acceptors (Lipinski definition) is 8. The van der Waals surface area contributed by atoms with Gasteiger partial charge in [-0.15, -0.1) is 0 Å². The average Bonchev–Trinajstić information content (AvgIpc) is 2.72. The zero-order valence-corrected chi connectivity index (χ0v) is 23.8. The molecule has 10 nitrogen and oxygen atoms in total. The van der Waals surface area contributed by atoms with Crippen molar-refractivity contribution in [3.8, 4) is 5.75 Å². The van der Waals surface area contributed by atoms with Crippen LogP contribution in [0.3, 0.4) is 0 Å². The fraction of sp³-hybridized carbons (Fsp3) is 0.222. The number of rotatable bonds is 9. The van der Waals surface area contributed by atoms with Crippen LogP contribution in [0.15, 0.2) is 30.3 Å². The van der Waals surface area contributed by atoms with Crippen LogP contribution in [0.5, 0.6) is 5.75 Å². The van der Waals surface area contributed by atoms with E-state index in [0.717, 1.165) is 25.3 Å². The van der Waals surface area contributed by atoms with Crippen molar-refractivity contribution in [2.75, 3.05) is 6.61 Å². The Morgan fingerprint density at radius 3 is 2.32 bits per heavy atom. The summed E-state index contributed by atoms with van der Waals surface area (Å²) >= 11 is 6.01. The highest BCUT2D eigenvalue weighted by Crippen LogP contribution is 2.29. The van der Waals surface area contributed by atoms with Gasteiger partial charge in [0.05, 0.1) is 17.1 Å². The van der Waals surface area contributed by atoms with Crippen LogP contribution in [-0.2, 0) is 14.9 Å². The summed E-state index contributed by atoms with van der Waals surface area (Å²) < 4.78 is 68.2. The summed E-state index contributed by atoms with van der Waals surface area (Å²) in [6.07, 6.45) is -2.00. The molecule has 0 amide bonds. The first-order valence-electron chi connectivity index (χ1n) is 8.81. The molecule has 0 aromatic heterocycles. The Balaban J connectivity index is 2.19. The van der Waals surface area contributed by atoms with Gasteiger partial charge in [0.1, 0.15) is 11.3 Å². The van der Waals surface area contributed by atoms with Gasteiger partial charge in [0.15, 0.2) is 0 Å². The molecule has 2 rings (SSSR count). The van der Waals surface area contributed by atoms with Crippen molar-refractivity contribution >= 4 is 95.5 Å². The predicted molar refractivity (Wildman–Crippen MR) is 139 cm³/mol. The van der Waals surface area contributed by atoms with Crippen LogP contribution in [-0.4, -0.2) is 41.7 Å². The van der Waals surface area contributed by atoms with Gasteiger partial charge >= 0.3 is 27.3 Å². The van der Waals surface area contributed by atoms with Crippen LogP contribution in [0.4, 0.5) is 14.5 Å². The molecule has 2 aromatic rings. The molecule has 0 aliphatic carbocycles. The summed E-state index contributed by atoms with van der Waals surface area (Å²) in [6.45, 7) is -0.718. The number of carbonyl (C=O) groups is 2. The maximum atomic E-state index is 13.2. The van der Waals surface area contributed by atoms with Crippen molar-refractivity contribution in [2.24, 2.45) is 0 Å². The molecule has 0 heterocycles. The van der Waals surface area contributed by atoms with Gasteiger partial charge < -0.3 is 9.47 Å². The van der Waals surface area contributed by atoms with E-state index >= 15 is 0 Å². The molecule has 0 fully saturated rings. The van der Waals surface area contributed by atoms with E-state index in [2.05, 4.69) is 0 Å². The highest BCUT2D eigenvalue weighted by atomic mass is 127. The van der Waals surface area contributed by atoms with Gasteiger partial charge in [-0.25, -0.2) is 9.59 Å². The SMILES string of the molecule is O=C(OCCCC(F)(F)S(=O)(=O)O)c1cc(OC(=O)c2cc(I)cc(I)c2I)ccc1[N+](=O)[O-]. The lowest BCUT2D eigenvalue weighted by Crippen LogP contribution is -2.28. The van der Waals surface area contributed by atoms with Gasteiger partial charge in [-0.1, -0.05) is 0 Å². The Labute approximate surface area is 232 Å². The zero-order chi connectivity index (χ0) is 25.8. The molecule has 0 saturated carbocycles. The third-order valence-electron chi connectivity index (χ3n) is 4.03. The van der Waals surface area contributed by atoms with Crippen molar-refractivity contribution in [1.82, 2.24) is 0 Å². The average molecular weight is 837 g/mol. The van der Waals surface area contributed by atoms with Crippen LogP contribution >= 0.6 is 67.8 Å². The number of nitro benzene ring substituents is 1. The molecule has 0 unspecified atom stereocenters. The van der Waals surface area contributed by atoms with Crippen LogP contribution in [0.1, 0.15) is 33.6 Å². The van der Waals surface area contributed by atoms with E-state index in [1.165, 1.54) is 0 Å². The van der Waals surface area contributed by atoms with E-state index in [-0.39, 0.29) is 11.3 Å². The topological polar surface area (TPSA) is 150 Å². The van der Waals surface area contributed by atoms with Crippen LogP contribution < -0.4 is 4.74 Å². The third-order valence-corrected chi connectivity index (χ3v) is 8.66. The van der Waals surface area contributed by atoms with E-state index in [4.69, 9.17) is 14.0 Å². The minimum Gasteiger partial charge on any atom is -0.462 e. The summed E-state index contributed by atoms with van der Waals surface area (Å²) in [5.41, 5.74) is -1.06. The lowest BCUT2D eigenvalue weighted by molar-refractivity contribution is -0.385. The van der Waals surface area contributed by atoms with Gasteiger partial charge in [-0.2, -0.15) is 17.2 Å². The van der Waals surface area contributed by atoms with Gasteiger partial charge in [0, 0.05) is 29.3 Å². The first-order valence-corrected chi connectivity index (χ1v) is 13.5. The Hall–Kier alpha value is -1.26. The highest BCUT2D eigenvalue weighted by molar-refractivity contribution is 14.1. The summed E-state index contributed by atoms with van der Waals surface area (Å²) in [5, 5.41) is 6.83. The Bertz CT molecular complexity index is 1260. The molecule has 0 radical (unpaired) electrons. The summed E-state index contributed by atoms with van der Waals surface area (Å²) in [6, 6.07) is 6.33. The largest absolute Gasteiger partial charge is 0.462 e. The summed E-state index contributed by atoms with van der Waals surface area (Å²) in [5.74, 6) is -2.26. The fourth-order valence-electron chi connectivity index (χ4n) is 2.42. The third kappa shape index (κ3) is 7.37. The quantitative estimate of drug-likeness (QED) is 0.0536. The Morgan fingerprint density at radius 1 is 1.09 bits per heavy atom. The van der Waals surface area contributed by atoms with E-state index in [1.807, 2.05) is 73.8 Å². The first kappa shape index (κ1) is 29.0. The second kappa shape index (κ2) is 11.6. The standard InChI is InChI=1S/C18H12F2I3NO9S/c19-18(20,34(29,30)31)4-1-5-32-16(25)11-8-10(2-3-14(11)24(27)28)33-17(26)12-6-9(21)7-13(22)15(12)23/h2-3,6-8H,1,4-5H2,(H,29,30,31). The van der Waals surface area contributed by atoms with Crippen molar-refractivity contribution in [3.05, 3.63) is 62.3 Å². The molecule has 0 saturated heterocycles. The molecule has 0 aliphatic rings. The first-order chi connectivity index (χ1) is 15.6. The van der Waals surface area contributed by atoms with Crippen LogP contribution in [0.2, 0.25) is 0 Å². The van der Waals surface area contributed by atoms with Crippen molar-refractivity contribution in [3.63, 3.8) is 0 Å². The minimum atomic E-state index is -5.63. The molecule has 2 aromatic carbocycles. The van der Waals surface area contributed by atoms with Crippen molar-refractivity contribution in [2.45, 2.75) is 18.1 Å². The van der Waals surface area contributed by atoms with Gasteiger partial charge in [-0.05, 0) is 92.4 Å². The molecule has 184 valence electrons. The number of esters is 2. The molecular formula is C18H12F2I3NO9S. The molecule has 16 heteroatoms. The van der Waals surface area contributed by atoms with E-state index in [9.17, 15) is 36.9 Å². The number of nitro groups is 1. The number of carbonyl (C=O) groups excluding carboxylic acids is 2. The number of nitrogens with zero attached hydrogens (tertiary/aromatic N) is 1. The second-order valence-electron chi connectivity index (χ2n) is 6.43. The minimum absolute atomic E-state index is 0.204. The molecule has 0 aliphatic heterocycles. The second-order valence-corrected chi connectivity index (χ2v) is 11.5. The maximum absolute atomic E-state index is 13.2. The van der Waals surface area contributed by atoms with Gasteiger partial charge in [0.25, 0.3) is 5.69 Å². The number of benzene rings is 2. The Kier molecular flexibility index (Phi) is 9.93. The number of hydrogen-bond donors (Lipinski definition) is 1. The number of halogens is 5. The number of alkyl halides is 2. The van der Waals surface area contributed by atoms with E-state index in [1.54, 1.807) is 6.07 Å². The predicted octanol–water partition coefficient (Wildman–Crippen LogP) is 5.05. The molecule has 0 atom stereocenters. The van der Waals surface area contributed by atoms with E-state index < -0.39 is 62.9 Å². The molecule has 1 N–H and O–H groups in total. The molecule has 34 heavy (non-hydrogen) atoms. The van der Waals surface area contributed by atoms with Crippen molar-refractivity contribution in [1.29, 1.82) is 0 Å². The number of ether oxygens (including phenoxy) is 2. The summed E-state index contributed by atoms with van der Waals surface area (Å²) in [7, 11) is -5.63. The van der Waals surface area contributed by atoms with Crippen LogP contribution in [0, 0.1) is 20.8 Å².